The van der Waals surface area contributed by atoms with Gasteiger partial charge >= 0.3 is 0 Å². The fourth-order valence-corrected chi connectivity index (χ4v) is 0.275. The molecule has 1 rings (SSSR count). The van der Waals surface area contributed by atoms with Crippen molar-refractivity contribution < 1.29 is 4.79 Å². The number of hydrogen-bond donors (Lipinski definition) is 2. The molecule has 0 aliphatic carbocycles. The number of carbonyl (C=O) groups is 1. The first-order valence-electron chi connectivity index (χ1n) is 1.86. The molecule has 0 aromatic heterocycles. The van der Waals surface area contributed by atoms with E-state index in [0.717, 1.165) is 0 Å². The molecule has 0 bridgehead atoms. The van der Waals surface area contributed by atoms with Gasteiger partial charge in [0.05, 0.1) is 0 Å². The van der Waals surface area contributed by atoms with Crippen LogP contribution in [0.1, 0.15) is 6.92 Å². The highest BCUT2D eigenvalue weighted by atomic mass is 16.2. The maximum absolute atomic E-state index is 10.1. The maximum Gasteiger partial charge on any atom is 0.252 e. The molecule has 1 aliphatic rings. The van der Waals surface area contributed by atoms with E-state index in [1.54, 1.807) is 6.92 Å². The highest BCUT2D eigenvalue weighted by Gasteiger charge is 2.20. The average molecular weight is 86.1 g/mol. The standard InChI is InChI=1S/C3H6N2O/c1-2-3(6)5-4-2/h2,4H,1H3,(H,5,6). The van der Waals surface area contributed by atoms with E-state index < -0.39 is 0 Å². The summed E-state index contributed by atoms with van der Waals surface area (Å²) in [6.45, 7) is 1.80. The van der Waals surface area contributed by atoms with Crippen LogP contribution in [0.3, 0.4) is 0 Å². The van der Waals surface area contributed by atoms with Crippen molar-refractivity contribution in [3.63, 3.8) is 0 Å². The van der Waals surface area contributed by atoms with Gasteiger partial charge in [-0.05, 0) is 6.92 Å². The van der Waals surface area contributed by atoms with Crippen molar-refractivity contribution >= 4 is 5.91 Å². The van der Waals surface area contributed by atoms with Gasteiger partial charge in [0.15, 0.2) is 0 Å². The molecule has 34 valence electrons. The second-order valence-electron chi connectivity index (χ2n) is 1.36. The van der Waals surface area contributed by atoms with Crippen LogP contribution < -0.4 is 10.9 Å². The molecule has 1 fully saturated rings. The summed E-state index contributed by atoms with van der Waals surface area (Å²) in [7, 11) is 0. The van der Waals surface area contributed by atoms with Crippen molar-refractivity contribution in [3.05, 3.63) is 0 Å². The average Bonchev–Trinajstić information content (AvgIpc) is 1.61. The van der Waals surface area contributed by atoms with Gasteiger partial charge in [-0.2, -0.15) is 0 Å². The Morgan fingerprint density at radius 3 is 2.33 bits per heavy atom. The minimum absolute atomic E-state index is 0.0324. The van der Waals surface area contributed by atoms with Crippen molar-refractivity contribution in [3.8, 4) is 0 Å². The van der Waals surface area contributed by atoms with Gasteiger partial charge in [0.1, 0.15) is 6.04 Å². The van der Waals surface area contributed by atoms with Crippen molar-refractivity contribution in [1.82, 2.24) is 10.9 Å². The van der Waals surface area contributed by atoms with Gasteiger partial charge in [-0.25, -0.2) is 5.43 Å². The zero-order chi connectivity index (χ0) is 4.57. The Balaban J connectivity index is 2.39. The quantitative estimate of drug-likeness (QED) is 0.397. The van der Waals surface area contributed by atoms with Crippen LogP contribution in [-0.4, -0.2) is 11.9 Å². The van der Waals surface area contributed by atoms with Crippen LogP contribution in [0.15, 0.2) is 0 Å². The zero-order valence-corrected chi connectivity index (χ0v) is 3.49. The molecule has 0 saturated carbocycles. The SMILES string of the molecule is CC1NNC1=O. The molecule has 6 heavy (non-hydrogen) atoms. The largest absolute Gasteiger partial charge is 0.289 e. The lowest BCUT2D eigenvalue weighted by Gasteiger charge is -2.22. The number of amides is 1. The molecule has 1 unspecified atom stereocenters. The summed E-state index contributed by atoms with van der Waals surface area (Å²) in [5.74, 6) is 0.0787. The first-order chi connectivity index (χ1) is 2.80. The second kappa shape index (κ2) is 0.944. The van der Waals surface area contributed by atoms with Gasteiger partial charge in [-0.3, -0.25) is 10.2 Å². The molecule has 0 aromatic rings. The Hall–Kier alpha value is -0.570. The van der Waals surface area contributed by atoms with Gasteiger partial charge in [0.2, 0.25) is 0 Å². The smallest absolute Gasteiger partial charge is 0.252 e. The number of rotatable bonds is 0. The van der Waals surface area contributed by atoms with E-state index >= 15 is 0 Å². The number of carbonyl (C=O) groups excluding carboxylic acids is 1. The van der Waals surface area contributed by atoms with E-state index in [0.29, 0.717) is 0 Å². The predicted molar refractivity (Wildman–Crippen MR) is 20.7 cm³/mol. The van der Waals surface area contributed by atoms with Crippen LogP contribution in [-0.2, 0) is 4.79 Å². The molecular weight excluding hydrogens is 80.0 g/mol. The molecule has 2 N–H and O–H groups in total. The summed E-state index contributed by atoms with van der Waals surface area (Å²) in [6, 6.07) is 0.0324. The van der Waals surface area contributed by atoms with Crippen LogP contribution in [0.5, 0.6) is 0 Å². The fraction of sp³-hybridized carbons (Fsp3) is 0.667. The predicted octanol–water partition coefficient (Wildman–Crippen LogP) is -0.991. The molecule has 1 amide bonds. The summed E-state index contributed by atoms with van der Waals surface area (Å²) in [6.07, 6.45) is 0. The molecular formula is C3H6N2O. The van der Waals surface area contributed by atoms with Gasteiger partial charge in [-0.1, -0.05) is 0 Å². The van der Waals surface area contributed by atoms with E-state index in [2.05, 4.69) is 10.9 Å². The van der Waals surface area contributed by atoms with Crippen LogP contribution in [0.4, 0.5) is 0 Å². The third-order valence-corrected chi connectivity index (χ3v) is 0.805. The van der Waals surface area contributed by atoms with Gasteiger partial charge < -0.3 is 0 Å². The van der Waals surface area contributed by atoms with Crippen molar-refractivity contribution in [1.29, 1.82) is 0 Å². The lowest BCUT2D eigenvalue weighted by Crippen LogP contribution is -2.62. The Kier molecular flexibility index (Phi) is 0.569. The summed E-state index contributed by atoms with van der Waals surface area (Å²) in [5.41, 5.74) is 5.03. The monoisotopic (exact) mass is 86.0 g/mol. The summed E-state index contributed by atoms with van der Waals surface area (Å²) < 4.78 is 0. The molecule has 1 saturated heterocycles. The van der Waals surface area contributed by atoms with Crippen LogP contribution in [0, 0.1) is 0 Å². The van der Waals surface area contributed by atoms with Crippen molar-refractivity contribution in [2.24, 2.45) is 0 Å². The highest BCUT2D eigenvalue weighted by molar-refractivity contribution is 5.85. The topological polar surface area (TPSA) is 41.1 Å². The summed E-state index contributed by atoms with van der Waals surface area (Å²) >= 11 is 0. The maximum atomic E-state index is 10.1. The Morgan fingerprint density at radius 2 is 2.33 bits per heavy atom. The van der Waals surface area contributed by atoms with E-state index in [1.807, 2.05) is 0 Å². The fourth-order valence-electron chi connectivity index (χ4n) is 0.275. The molecule has 3 heteroatoms. The molecule has 1 atom stereocenters. The van der Waals surface area contributed by atoms with E-state index in [4.69, 9.17) is 0 Å². The minimum atomic E-state index is 0.0324. The molecule has 1 heterocycles. The molecule has 3 nitrogen and oxygen atoms in total. The van der Waals surface area contributed by atoms with Crippen molar-refractivity contribution in [2.45, 2.75) is 13.0 Å². The van der Waals surface area contributed by atoms with Crippen LogP contribution in [0.2, 0.25) is 0 Å². The minimum Gasteiger partial charge on any atom is -0.289 e. The van der Waals surface area contributed by atoms with E-state index in [9.17, 15) is 4.79 Å². The summed E-state index contributed by atoms with van der Waals surface area (Å²) in [5, 5.41) is 0. The highest BCUT2D eigenvalue weighted by Crippen LogP contribution is 1.84. The molecule has 0 spiro atoms. The Bertz CT molecular complexity index is 80.9. The van der Waals surface area contributed by atoms with Crippen LogP contribution >= 0.6 is 0 Å². The lowest BCUT2D eigenvalue weighted by atomic mass is 10.3. The zero-order valence-electron chi connectivity index (χ0n) is 3.49. The number of nitrogens with one attached hydrogen (secondary N) is 2. The lowest BCUT2D eigenvalue weighted by molar-refractivity contribution is -0.131. The van der Waals surface area contributed by atoms with E-state index in [-0.39, 0.29) is 11.9 Å². The molecule has 1 aliphatic heterocycles. The third kappa shape index (κ3) is 0.285. The van der Waals surface area contributed by atoms with Crippen LogP contribution in [0.25, 0.3) is 0 Å². The number of hydrogen-bond acceptors (Lipinski definition) is 2. The van der Waals surface area contributed by atoms with Gasteiger partial charge in [0.25, 0.3) is 5.91 Å². The molecule has 0 aromatic carbocycles. The second-order valence-corrected chi connectivity index (χ2v) is 1.36. The van der Waals surface area contributed by atoms with Gasteiger partial charge in [-0.15, -0.1) is 0 Å². The third-order valence-electron chi connectivity index (χ3n) is 0.805. The Labute approximate surface area is 35.7 Å². The first-order valence-corrected chi connectivity index (χ1v) is 1.86. The van der Waals surface area contributed by atoms with Gasteiger partial charge in [0, 0.05) is 0 Å². The van der Waals surface area contributed by atoms with Crippen molar-refractivity contribution in [2.75, 3.05) is 0 Å². The Morgan fingerprint density at radius 1 is 1.83 bits per heavy atom. The molecule has 0 radical (unpaired) electrons. The number of hydrazine groups is 1. The normalized spacial score (nSPS) is 31.5. The first kappa shape index (κ1) is 3.61. The summed E-state index contributed by atoms with van der Waals surface area (Å²) in [4.78, 5) is 10.1. The van der Waals surface area contributed by atoms with E-state index in [1.165, 1.54) is 0 Å².